The molecule has 2 aromatic rings. The lowest BCUT2D eigenvalue weighted by molar-refractivity contribution is 0.0696. The summed E-state index contributed by atoms with van der Waals surface area (Å²) in [6.45, 7) is 5.28. The minimum atomic E-state index is -0.959. The van der Waals surface area contributed by atoms with Crippen LogP contribution in [0.3, 0.4) is 0 Å². The molecular formula is C15H17BrN2O3. The standard InChI is InChI=1S/C15H17BrN2O3/c1-3-11-8-12(18(4-2)17-11)9-21-14-6-5-10(15(19)20)7-13(14)16/h5-8H,3-4,9H2,1-2H3,(H,19,20). The van der Waals surface area contributed by atoms with E-state index in [4.69, 9.17) is 9.84 Å². The number of hydrogen-bond acceptors (Lipinski definition) is 3. The molecule has 0 saturated heterocycles. The van der Waals surface area contributed by atoms with E-state index in [9.17, 15) is 4.79 Å². The first-order valence-electron chi connectivity index (χ1n) is 6.76. The number of rotatable bonds is 6. The molecule has 1 aromatic heterocycles. The minimum absolute atomic E-state index is 0.223. The summed E-state index contributed by atoms with van der Waals surface area (Å²) in [7, 11) is 0. The van der Waals surface area contributed by atoms with E-state index in [1.54, 1.807) is 6.07 Å². The number of halogens is 1. The van der Waals surface area contributed by atoms with E-state index in [1.165, 1.54) is 12.1 Å². The molecule has 5 nitrogen and oxygen atoms in total. The van der Waals surface area contributed by atoms with E-state index < -0.39 is 5.97 Å². The predicted octanol–water partition coefficient (Wildman–Crippen LogP) is 3.51. The van der Waals surface area contributed by atoms with Crippen molar-refractivity contribution < 1.29 is 14.6 Å². The van der Waals surface area contributed by atoms with Crippen LogP contribution in [0.2, 0.25) is 0 Å². The number of aromatic nitrogens is 2. The lowest BCUT2D eigenvalue weighted by Crippen LogP contribution is -2.06. The Balaban J connectivity index is 2.13. The fraction of sp³-hybridized carbons (Fsp3) is 0.333. The van der Waals surface area contributed by atoms with Crippen molar-refractivity contribution in [2.75, 3.05) is 0 Å². The predicted molar refractivity (Wildman–Crippen MR) is 82.7 cm³/mol. The minimum Gasteiger partial charge on any atom is -0.486 e. The molecule has 0 amide bonds. The number of aromatic carboxylic acids is 1. The van der Waals surface area contributed by atoms with Gasteiger partial charge in [0.2, 0.25) is 0 Å². The van der Waals surface area contributed by atoms with Crippen molar-refractivity contribution in [3.05, 3.63) is 45.7 Å². The summed E-state index contributed by atoms with van der Waals surface area (Å²) in [5, 5.41) is 13.4. The Kier molecular flexibility index (Phi) is 5.01. The first-order valence-corrected chi connectivity index (χ1v) is 7.55. The number of benzene rings is 1. The molecule has 0 aliphatic heterocycles. The maximum Gasteiger partial charge on any atom is 0.335 e. The fourth-order valence-electron chi connectivity index (χ4n) is 1.98. The molecule has 0 aliphatic rings. The van der Waals surface area contributed by atoms with Gasteiger partial charge in [-0.15, -0.1) is 0 Å². The molecule has 21 heavy (non-hydrogen) atoms. The number of nitrogens with zero attached hydrogens (tertiary/aromatic N) is 2. The van der Waals surface area contributed by atoms with Crippen molar-refractivity contribution >= 4 is 21.9 Å². The zero-order valence-electron chi connectivity index (χ0n) is 12.0. The van der Waals surface area contributed by atoms with Gasteiger partial charge in [-0.3, -0.25) is 4.68 Å². The van der Waals surface area contributed by atoms with E-state index in [-0.39, 0.29) is 5.56 Å². The molecule has 2 rings (SSSR count). The first kappa shape index (κ1) is 15.6. The third-order valence-corrected chi connectivity index (χ3v) is 3.75. The monoisotopic (exact) mass is 352 g/mol. The molecule has 1 N–H and O–H groups in total. The van der Waals surface area contributed by atoms with Crippen LogP contribution in [0.4, 0.5) is 0 Å². The van der Waals surface area contributed by atoms with Crippen molar-refractivity contribution in [2.24, 2.45) is 0 Å². The average Bonchev–Trinajstić information content (AvgIpc) is 2.88. The summed E-state index contributed by atoms with van der Waals surface area (Å²) in [6.07, 6.45) is 0.886. The van der Waals surface area contributed by atoms with Crippen molar-refractivity contribution in [1.82, 2.24) is 9.78 Å². The highest BCUT2D eigenvalue weighted by Gasteiger charge is 2.10. The van der Waals surface area contributed by atoms with Gasteiger partial charge < -0.3 is 9.84 Å². The molecule has 0 spiro atoms. The maximum absolute atomic E-state index is 10.9. The third kappa shape index (κ3) is 3.64. The molecule has 6 heteroatoms. The number of aryl methyl sites for hydroxylation is 2. The SMILES string of the molecule is CCc1cc(COc2ccc(C(=O)O)cc2Br)n(CC)n1. The lowest BCUT2D eigenvalue weighted by Gasteiger charge is -2.09. The normalized spacial score (nSPS) is 10.6. The van der Waals surface area contributed by atoms with Crippen molar-refractivity contribution in [2.45, 2.75) is 33.4 Å². The van der Waals surface area contributed by atoms with Crippen molar-refractivity contribution in [3.8, 4) is 5.75 Å². The lowest BCUT2D eigenvalue weighted by atomic mass is 10.2. The zero-order chi connectivity index (χ0) is 15.4. The second-order valence-electron chi connectivity index (χ2n) is 4.54. The largest absolute Gasteiger partial charge is 0.486 e. The number of hydrogen-bond donors (Lipinski definition) is 1. The summed E-state index contributed by atoms with van der Waals surface area (Å²) in [5.41, 5.74) is 2.26. The van der Waals surface area contributed by atoms with Crippen molar-refractivity contribution in [1.29, 1.82) is 0 Å². The van der Waals surface area contributed by atoms with Gasteiger partial charge in [0.1, 0.15) is 12.4 Å². The topological polar surface area (TPSA) is 64.3 Å². The van der Waals surface area contributed by atoms with Crippen LogP contribution in [0.25, 0.3) is 0 Å². The molecule has 0 unspecified atom stereocenters. The number of ether oxygens (including phenoxy) is 1. The van der Waals surface area contributed by atoms with Gasteiger partial charge in [-0.1, -0.05) is 6.92 Å². The highest BCUT2D eigenvalue weighted by atomic mass is 79.9. The highest BCUT2D eigenvalue weighted by molar-refractivity contribution is 9.10. The van der Waals surface area contributed by atoms with Crippen LogP contribution in [-0.2, 0) is 19.6 Å². The van der Waals surface area contributed by atoms with Gasteiger partial charge in [0.05, 0.1) is 21.4 Å². The zero-order valence-corrected chi connectivity index (χ0v) is 13.6. The molecule has 0 radical (unpaired) electrons. The molecular weight excluding hydrogens is 336 g/mol. The van der Waals surface area contributed by atoms with Gasteiger partial charge >= 0.3 is 5.97 Å². The Bertz CT molecular complexity index is 652. The van der Waals surface area contributed by atoms with Crippen LogP contribution in [-0.4, -0.2) is 20.9 Å². The van der Waals surface area contributed by atoms with E-state index in [0.717, 1.165) is 24.4 Å². The van der Waals surface area contributed by atoms with E-state index in [0.29, 0.717) is 16.8 Å². The first-order chi connectivity index (χ1) is 10.0. The van der Waals surface area contributed by atoms with E-state index in [1.807, 2.05) is 17.7 Å². The van der Waals surface area contributed by atoms with Gasteiger partial charge in [0, 0.05) is 6.54 Å². The molecule has 112 valence electrons. The number of carbonyl (C=O) groups is 1. The molecule has 0 aliphatic carbocycles. The molecule has 0 fully saturated rings. The molecule has 1 heterocycles. The molecule has 0 saturated carbocycles. The Morgan fingerprint density at radius 2 is 2.14 bits per heavy atom. The second-order valence-corrected chi connectivity index (χ2v) is 5.39. The van der Waals surface area contributed by atoms with Gasteiger partial charge in [-0.2, -0.15) is 5.10 Å². The van der Waals surface area contributed by atoms with Crippen LogP contribution >= 0.6 is 15.9 Å². The quantitative estimate of drug-likeness (QED) is 0.863. The highest BCUT2D eigenvalue weighted by Crippen LogP contribution is 2.27. The summed E-state index contributed by atoms with van der Waals surface area (Å²) < 4.78 is 8.30. The van der Waals surface area contributed by atoms with Crippen molar-refractivity contribution in [3.63, 3.8) is 0 Å². The van der Waals surface area contributed by atoms with Gasteiger partial charge in [-0.25, -0.2) is 4.79 Å². The van der Waals surface area contributed by atoms with Crippen LogP contribution in [0.15, 0.2) is 28.7 Å². The van der Waals surface area contributed by atoms with Crippen LogP contribution in [0.5, 0.6) is 5.75 Å². The fourth-order valence-corrected chi connectivity index (χ4v) is 2.47. The Labute approximate surface area is 131 Å². The molecule has 0 bridgehead atoms. The van der Waals surface area contributed by atoms with Crippen LogP contribution < -0.4 is 4.74 Å². The number of carboxylic acids is 1. The Morgan fingerprint density at radius 3 is 2.71 bits per heavy atom. The smallest absolute Gasteiger partial charge is 0.335 e. The van der Waals surface area contributed by atoms with E-state index >= 15 is 0 Å². The van der Waals surface area contributed by atoms with Gasteiger partial charge in [0.25, 0.3) is 0 Å². The van der Waals surface area contributed by atoms with Gasteiger partial charge in [-0.05, 0) is 53.5 Å². The number of carboxylic acid groups (broad SMARTS) is 1. The summed E-state index contributed by atoms with van der Waals surface area (Å²) in [5.74, 6) is -0.346. The average molecular weight is 353 g/mol. The summed E-state index contributed by atoms with van der Waals surface area (Å²) >= 11 is 3.33. The maximum atomic E-state index is 10.9. The Morgan fingerprint density at radius 1 is 1.38 bits per heavy atom. The molecule has 1 aromatic carbocycles. The van der Waals surface area contributed by atoms with Crippen LogP contribution in [0, 0.1) is 0 Å². The van der Waals surface area contributed by atoms with Crippen LogP contribution in [0.1, 0.15) is 35.6 Å². The Hall–Kier alpha value is -1.82. The summed E-state index contributed by atoms with van der Waals surface area (Å²) in [4.78, 5) is 10.9. The summed E-state index contributed by atoms with van der Waals surface area (Å²) in [6, 6.07) is 6.74. The second kappa shape index (κ2) is 6.76. The third-order valence-electron chi connectivity index (χ3n) is 3.13. The van der Waals surface area contributed by atoms with Gasteiger partial charge in [0.15, 0.2) is 0 Å². The van der Waals surface area contributed by atoms with E-state index in [2.05, 4.69) is 28.0 Å². The molecule has 0 atom stereocenters.